The van der Waals surface area contributed by atoms with Crippen LogP contribution in [0.15, 0.2) is 18.2 Å². The number of aryl methyl sites for hydroxylation is 1. The zero-order valence-corrected chi connectivity index (χ0v) is 12.9. The third kappa shape index (κ3) is 2.75. The molecule has 104 valence electrons. The van der Waals surface area contributed by atoms with E-state index in [2.05, 4.69) is 57.2 Å². The normalized spacial score (nSPS) is 13.2. The average molecular weight is 259 g/mol. The number of rotatable bonds is 2. The van der Waals surface area contributed by atoms with Crippen LogP contribution in [0.25, 0.3) is 11.0 Å². The van der Waals surface area contributed by atoms with Gasteiger partial charge in [0.25, 0.3) is 0 Å². The van der Waals surface area contributed by atoms with Crippen LogP contribution >= 0.6 is 0 Å². The van der Waals surface area contributed by atoms with E-state index < -0.39 is 0 Å². The second kappa shape index (κ2) is 4.26. The molecule has 0 saturated carbocycles. The molecule has 0 atom stereocenters. The summed E-state index contributed by atoms with van der Waals surface area (Å²) in [6, 6.07) is 5.98. The van der Waals surface area contributed by atoms with Crippen LogP contribution in [0.2, 0.25) is 0 Å². The van der Waals surface area contributed by atoms with Gasteiger partial charge in [0, 0.05) is 11.2 Å². The van der Waals surface area contributed by atoms with Gasteiger partial charge in [-0.05, 0) is 50.8 Å². The molecule has 0 bridgehead atoms. The van der Waals surface area contributed by atoms with Gasteiger partial charge >= 0.3 is 0 Å². The standard InChI is InChI=1S/C16H25N3/c1-11-18-13-9-12(17)7-8-14(13)19(11)16(5,6)10-15(2,3)4/h7-9H,10,17H2,1-6H3. The fourth-order valence-corrected chi connectivity index (χ4v) is 3.36. The van der Waals surface area contributed by atoms with Crippen molar-refractivity contribution in [1.82, 2.24) is 9.55 Å². The number of nitrogens with two attached hydrogens (primary N) is 1. The van der Waals surface area contributed by atoms with Crippen molar-refractivity contribution >= 4 is 16.7 Å². The number of hydrogen-bond acceptors (Lipinski definition) is 2. The van der Waals surface area contributed by atoms with E-state index in [0.29, 0.717) is 0 Å². The number of anilines is 1. The van der Waals surface area contributed by atoms with Crippen LogP contribution in [0.1, 0.15) is 46.9 Å². The molecule has 0 aliphatic carbocycles. The Morgan fingerprint density at radius 2 is 1.79 bits per heavy atom. The summed E-state index contributed by atoms with van der Waals surface area (Å²) >= 11 is 0. The third-order valence-electron chi connectivity index (χ3n) is 3.41. The lowest BCUT2D eigenvalue weighted by Crippen LogP contribution is -2.32. The van der Waals surface area contributed by atoms with E-state index in [1.54, 1.807) is 0 Å². The topological polar surface area (TPSA) is 43.8 Å². The Kier molecular flexibility index (Phi) is 3.12. The quantitative estimate of drug-likeness (QED) is 0.825. The number of nitrogens with zero attached hydrogens (tertiary/aromatic N) is 2. The van der Waals surface area contributed by atoms with E-state index in [4.69, 9.17) is 5.73 Å². The smallest absolute Gasteiger partial charge is 0.107 e. The summed E-state index contributed by atoms with van der Waals surface area (Å²) in [5, 5.41) is 0. The van der Waals surface area contributed by atoms with Crippen molar-refractivity contribution in [3.63, 3.8) is 0 Å². The molecular weight excluding hydrogens is 234 g/mol. The monoisotopic (exact) mass is 259 g/mol. The molecule has 0 aliphatic heterocycles. The summed E-state index contributed by atoms with van der Waals surface area (Å²) in [7, 11) is 0. The Bertz CT molecular complexity index is 600. The molecule has 0 saturated heterocycles. The first-order valence-corrected chi connectivity index (χ1v) is 6.85. The van der Waals surface area contributed by atoms with Crippen molar-refractivity contribution in [2.75, 3.05) is 5.73 Å². The summed E-state index contributed by atoms with van der Waals surface area (Å²) < 4.78 is 2.34. The summed E-state index contributed by atoms with van der Waals surface area (Å²) in [6.45, 7) is 13.5. The largest absolute Gasteiger partial charge is 0.399 e. The first kappa shape index (κ1) is 13.9. The van der Waals surface area contributed by atoms with Crippen LogP contribution in [0.4, 0.5) is 5.69 Å². The highest BCUT2D eigenvalue weighted by Crippen LogP contribution is 2.35. The van der Waals surface area contributed by atoms with E-state index in [-0.39, 0.29) is 11.0 Å². The minimum absolute atomic E-state index is 0.0349. The van der Waals surface area contributed by atoms with Gasteiger partial charge < -0.3 is 10.3 Å². The van der Waals surface area contributed by atoms with E-state index in [0.717, 1.165) is 23.4 Å². The summed E-state index contributed by atoms with van der Waals surface area (Å²) in [6.07, 6.45) is 1.09. The van der Waals surface area contributed by atoms with Crippen LogP contribution in [0.5, 0.6) is 0 Å². The molecule has 0 aliphatic rings. The molecule has 1 aromatic heterocycles. The van der Waals surface area contributed by atoms with Crippen LogP contribution in [0.3, 0.4) is 0 Å². The molecule has 0 unspecified atom stereocenters. The molecule has 3 nitrogen and oxygen atoms in total. The first-order chi connectivity index (χ1) is 8.60. The first-order valence-electron chi connectivity index (χ1n) is 6.85. The molecule has 2 rings (SSSR count). The zero-order valence-electron chi connectivity index (χ0n) is 12.9. The van der Waals surface area contributed by atoms with Crippen LogP contribution < -0.4 is 5.73 Å². The zero-order chi connectivity index (χ0) is 14.4. The maximum absolute atomic E-state index is 5.84. The highest BCUT2D eigenvalue weighted by Gasteiger charge is 2.29. The van der Waals surface area contributed by atoms with Crippen LogP contribution in [0, 0.1) is 12.3 Å². The van der Waals surface area contributed by atoms with Crippen molar-refractivity contribution in [3.8, 4) is 0 Å². The van der Waals surface area contributed by atoms with Crippen molar-refractivity contribution in [1.29, 1.82) is 0 Å². The summed E-state index contributed by atoms with van der Waals surface area (Å²) in [4.78, 5) is 4.65. The lowest BCUT2D eigenvalue weighted by Gasteiger charge is -2.35. The Balaban J connectivity index is 2.58. The minimum atomic E-state index is 0.0349. The maximum atomic E-state index is 5.84. The van der Waals surface area contributed by atoms with Gasteiger partial charge in [-0.3, -0.25) is 0 Å². The highest BCUT2D eigenvalue weighted by molar-refractivity contribution is 5.80. The van der Waals surface area contributed by atoms with Gasteiger partial charge in [0.15, 0.2) is 0 Å². The molecule has 2 aromatic rings. The molecule has 0 fully saturated rings. The summed E-state index contributed by atoms with van der Waals surface area (Å²) in [5.41, 5.74) is 9.08. The van der Waals surface area contributed by atoms with E-state index in [9.17, 15) is 0 Å². The molecule has 1 heterocycles. The third-order valence-corrected chi connectivity index (χ3v) is 3.41. The number of aromatic nitrogens is 2. The molecule has 2 N–H and O–H groups in total. The Morgan fingerprint density at radius 3 is 2.37 bits per heavy atom. The van der Waals surface area contributed by atoms with Gasteiger partial charge in [-0.15, -0.1) is 0 Å². The van der Waals surface area contributed by atoms with Gasteiger partial charge in [-0.25, -0.2) is 4.98 Å². The van der Waals surface area contributed by atoms with Crippen molar-refractivity contribution in [3.05, 3.63) is 24.0 Å². The second-order valence-electron chi connectivity index (χ2n) is 7.29. The molecule has 19 heavy (non-hydrogen) atoms. The summed E-state index contributed by atoms with van der Waals surface area (Å²) in [5.74, 6) is 1.05. The van der Waals surface area contributed by atoms with Gasteiger partial charge in [0.05, 0.1) is 11.0 Å². The van der Waals surface area contributed by atoms with Gasteiger partial charge in [-0.1, -0.05) is 20.8 Å². The molecule has 0 radical (unpaired) electrons. The maximum Gasteiger partial charge on any atom is 0.107 e. The van der Waals surface area contributed by atoms with Crippen LogP contribution in [-0.4, -0.2) is 9.55 Å². The van der Waals surface area contributed by atoms with Crippen molar-refractivity contribution in [2.45, 2.75) is 53.5 Å². The predicted molar refractivity (Wildman–Crippen MR) is 82.3 cm³/mol. The number of benzene rings is 1. The van der Waals surface area contributed by atoms with Crippen LogP contribution in [-0.2, 0) is 5.54 Å². The van der Waals surface area contributed by atoms with E-state index in [1.165, 1.54) is 5.52 Å². The van der Waals surface area contributed by atoms with Gasteiger partial charge in [0.1, 0.15) is 5.82 Å². The van der Waals surface area contributed by atoms with Crippen molar-refractivity contribution < 1.29 is 0 Å². The molecule has 0 spiro atoms. The number of imidazole rings is 1. The lowest BCUT2D eigenvalue weighted by molar-refractivity contribution is 0.216. The van der Waals surface area contributed by atoms with E-state index >= 15 is 0 Å². The second-order valence-corrected chi connectivity index (χ2v) is 7.29. The Labute approximate surface area is 115 Å². The highest BCUT2D eigenvalue weighted by atomic mass is 15.1. The minimum Gasteiger partial charge on any atom is -0.399 e. The van der Waals surface area contributed by atoms with E-state index in [1.807, 2.05) is 12.1 Å². The fraction of sp³-hybridized carbons (Fsp3) is 0.562. The van der Waals surface area contributed by atoms with Gasteiger partial charge in [-0.2, -0.15) is 0 Å². The lowest BCUT2D eigenvalue weighted by atomic mass is 9.81. The number of hydrogen-bond donors (Lipinski definition) is 1. The average Bonchev–Trinajstić information content (AvgIpc) is 2.49. The van der Waals surface area contributed by atoms with Gasteiger partial charge in [0.2, 0.25) is 0 Å². The molecular formula is C16H25N3. The number of fused-ring (bicyclic) bond motifs is 1. The molecule has 3 heteroatoms. The molecule has 0 amide bonds. The van der Waals surface area contributed by atoms with Crippen molar-refractivity contribution in [2.24, 2.45) is 5.41 Å². The molecule has 1 aromatic carbocycles. The fourth-order valence-electron chi connectivity index (χ4n) is 3.36. The SMILES string of the molecule is Cc1nc2cc(N)ccc2n1C(C)(C)CC(C)(C)C. The Hall–Kier alpha value is -1.51. The predicted octanol–water partition coefficient (Wildman–Crippen LogP) is 4.10. The Morgan fingerprint density at radius 1 is 1.16 bits per heavy atom. The number of nitrogen functional groups attached to an aromatic ring is 1.